The number of aryl methyl sites for hydroxylation is 1. The van der Waals surface area contributed by atoms with E-state index in [1.165, 1.54) is 10.2 Å². The summed E-state index contributed by atoms with van der Waals surface area (Å²) in [7, 11) is 0. The molecule has 27 heavy (non-hydrogen) atoms. The highest BCUT2D eigenvalue weighted by Crippen LogP contribution is 2.24. The molecule has 3 aromatic rings. The molecule has 0 spiro atoms. The van der Waals surface area contributed by atoms with Gasteiger partial charge < -0.3 is 15.2 Å². The number of ether oxygens (including phenoxy) is 1. The molecule has 7 nitrogen and oxygen atoms in total. The van der Waals surface area contributed by atoms with Gasteiger partial charge in [0.2, 0.25) is 0 Å². The molecule has 0 amide bonds. The van der Waals surface area contributed by atoms with Gasteiger partial charge in [-0.1, -0.05) is 6.07 Å². The first kappa shape index (κ1) is 17.3. The minimum atomic E-state index is -0.910. The number of carboxylic acid groups (broad SMARTS) is 1. The lowest BCUT2D eigenvalue weighted by Crippen LogP contribution is -2.16. The number of hydrogen-bond acceptors (Lipinski definition) is 5. The Kier molecular flexibility index (Phi) is 4.66. The van der Waals surface area contributed by atoms with Crippen LogP contribution < -0.4 is 10.1 Å². The van der Waals surface area contributed by atoms with Gasteiger partial charge in [0, 0.05) is 24.0 Å². The Hall–Kier alpha value is -3.09. The van der Waals surface area contributed by atoms with Crippen LogP contribution in [0.3, 0.4) is 0 Å². The monoisotopic (exact) mass is 366 g/mol. The predicted octanol–water partition coefficient (Wildman–Crippen LogP) is 3.06. The highest BCUT2D eigenvalue weighted by atomic mass is 16.5. The summed E-state index contributed by atoms with van der Waals surface area (Å²) in [5, 5.41) is 17.6. The number of aliphatic carboxylic acids is 1. The van der Waals surface area contributed by atoms with Crippen molar-refractivity contribution in [3.8, 4) is 5.75 Å². The van der Waals surface area contributed by atoms with E-state index in [0.717, 1.165) is 54.0 Å². The molecule has 7 heteroatoms. The minimum Gasteiger partial charge on any atom is -0.493 e. The molecule has 1 atom stereocenters. The lowest BCUT2D eigenvalue weighted by molar-refractivity contribution is -0.140. The van der Waals surface area contributed by atoms with Crippen molar-refractivity contribution in [2.75, 3.05) is 18.5 Å². The molecule has 0 aliphatic carbocycles. The molecule has 1 aromatic carbocycles. The molecule has 1 unspecified atom stereocenters. The van der Waals surface area contributed by atoms with Crippen molar-refractivity contribution in [3.63, 3.8) is 0 Å². The number of nitrogens with zero attached hydrogens (tertiary/aromatic N) is 3. The Balaban J connectivity index is 1.41. The van der Waals surface area contributed by atoms with E-state index in [1.54, 1.807) is 13.1 Å². The van der Waals surface area contributed by atoms with Crippen LogP contribution in [0.2, 0.25) is 0 Å². The highest BCUT2D eigenvalue weighted by molar-refractivity contribution is 5.82. The van der Waals surface area contributed by atoms with Crippen molar-refractivity contribution < 1.29 is 14.6 Å². The van der Waals surface area contributed by atoms with Crippen LogP contribution >= 0.6 is 0 Å². The number of rotatable bonds is 6. The maximum atomic E-state index is 11.2. The van der Waals surface area contributed by atoms with Gasteiger partial charge in [0.05, 0.1) is 18.3 Å². The zero-order valence-electron chi connectivity index (χ0n) is 15.2. The average Bonchev–Trinajstić information content (AvgIpc) is 3.10. The van der Waals surface area contributed by atoms with E-state index in [-0.39, 0.29) is 0 Å². The summed E-state index contributed by atoms with van der Waals surface area (Å²) in [6.07, 6.45) is 4.63. The molecule has 2 N–H and O–H groups in total. The van der Waals surface area contributed by atoms with Crippen LogP contribution in [-0.4, -0.2) is 39.0 Å². The van der Waals surface area contributed by atoms with E-state index in [0.29, 0.717) is 6.61 Å². The molecule has 3 heterocycles. The normalized spacial score (nSPS) is 14.4. The summed E-state index contributed by atoms with van der Waals surface area (Å²) in [5.74, 6) is 0.827. The van der Waals surface area contributed by atoms with E-state index in [9.17, 15) is 9.90 Å². The number of pyridine rings is 1. The van der Waals surface area contributed by atoms with Crippen molar-refractivity contribution in [2.24, 2.45) is 0 Å². The van der Waals surface area contributed by atoms with Gasteiger partial charge in [-0.2, -0.15) is 5.10 Å². The van der Waals surface area contributed by atoms with Gasteiger partial charge in [0.15, 0.2) is 0 Å². The van der Waals surface area contributed by atoms with E-state index in [2.05, 4.69) is 27.5 Å². The number of fused-ring (bicyclic) bond motifs is 2. The van der Waals surface area contributed by atoms with Crippen molar-refractivity contribution >= 4 is 22.7 Å². The molecule has 1 aliphatic rings. The summed E-state index contributed by atoms with van der Waals surface area (Å²) in [6.45, 7) is 3.12. The quantitative estimate of drug-likeness (QED) is 0.697. The number of carboxylic acids is 1. The summed E-state index contributed by atoms with van der Waals surface area (Å²) in [5.41, 5.74) is 3.07. The molecule has 1 aliphatic heterocycles. The van der Waals surface area contributed by atoms with Crippen molar-refractivity contribution in [1.29, 1.82) is 0 Å². The summed E-state index contributed by atoms with van der Waals surface area (Å²) < 4.78 is 7.37. The predicted molar refractivity (Wildman–Crippen MR) is 102 cm³/mol. The summed E-state index contributed by atoms with van der Waals surface area (Å²) >= 11 is 0. The van der Waals surface area contributed by atoms with Crippen LogP contribution in [0.25, 0.3) is 10.9 Å². The van der Waals surface area contributed by atoms with Gasteiger partial charge in [-0.3, -0.25) is 4.68 Å². The van der Waals surface area contributed by atoms with Gasteiger partial charge in [-0.15, -0.1) is 0 Å². The lowest BCUT2D eigenvalue weighted by Gasteiger charge is -2.17. The molecule has 4 rings (SSSR count). The Morgan fingerprint density at radius 2 is 2.26 bits per heavy atom. The maximum absolute atomic E-state index is 11.2. The second-order valence-electron chi connectivity index (χ2n) is 6.76. The van der Waals surface area contributed by atoms with Gasteiger partial charge >= 0.3 is 5.97 Å². The van der Waals surface area contributed by atoms with Crippen molar-refractivity contribution in [3.05, 3.63) is 47.8 Å². The third kappa shape index (κ3) is 3.58. The second-order valence-corrected chi connectivity index (χ2v) is 6.76. The summed E-state index contributed by atoms with van der Waals surface area (Å²) in [6, 6.07) is 9.08. The van der Waals surface area contributed by atoms with Crippen LogP contribution in [0, 0.1) is 0 Å². The first-order valence-electron chi connectivity index (χ1n) is 9.17. The fraction of sp³-hybridized carbons (Fsp3) is 0.350. The number of aromatic nitrogens is 3. The fourth-order valence-corrected chi connectivity index (χ4v) is 3.32. The van der Waals surface area contributed by atoms with Gasteiger partial charge in [0.1, 0.15) is 17.6 Å². The van der Waals surface area contributed by atoms with Crippen LogP contribution in [0.1, 0.15) is 30.6 Å². The van der Waals surface area contributed by atoms with Crippen molar-refractivity contribution in [1.82, 2.24) is 14.8 Å². The van der Waals surface area contributed by atoms with Crippen molar-refractivity contribution in [2.45, 2.75) is 32.2 Å². The molecule has 0 fully saturated rings. The van der Waals surface area contributed by atoms with E-state index >= 15 is 0 Å². The number of anilines is 1. The molecule has 0 radical (unpaired) electrons. The SMILES string of the molecule is CC(C(=O)O)n1ncc2cc(OCCc3ccc4c(n3)NCCC4)ccc21. The Morgan fingerprint density at radius 1 is 1.37 bits per heavy atom. The average molecular weight is 366 g/mol. The number of hydrogen-bond donors (Lipinski definition) is 2. The van der Waals surface area contributed by atoms with Crippen LogP contribution in [0.4, 0.5) is 5.82 Å². The lowest BCUT2D eigenvalue weighted by atomic mass is 10.1. The molecule has 0 saturated heterocycles. The topological polar surface area (TPSA) is 89.3 Å². The molecule has 0 saturated carbocycles. The van der Waals surface area contributed by atoms with Crippen LogP contribution in [-0.2, 0) is 17.6 Å². The van der Waals surface area contributed by atoms with E-state index in [4.69, 9.17) is 4.74 Å². The Morgan fingerprint density at radius 3 is 3.11 bits per heavy atom. The standard InChI is InChI=1S/C20H22N4O3/c1-13(20(25)26)24-18-7-6-17(11-15(18)12-22-24)27-10-8-16-5-4-14-3-2-9-21-19(14)23-16/h4-7,11-13H,2-3,8-10H2,1H3,(H,21,23)(H,25,26). The Bertz CT molecular complexity index is 983. The zero-order chi connectivity index (χ0) is 18.8. The molecule has 140 valence electrons. The minimum absolute atomic E-state index is 0.525. The van der Waals surface area contributed by atoms with Gasteiger partial charge in [0.25, 0.3) is 0 Å². The zero-order valence-corrected chi connectivity index (χ0v) is 15.2. The first-order valence-corrected chi connectivity index (χ1v) is 9.17. The largest absolute Gasteiger partial charge is 0.493 e. The van der Waals surface area contributed by atoms with Gasteiger partial charge in [-0.25, -0.2) is 9.78 Å². The number of benzene rings is 1. The fourth-order valence-electron chi connectivity index (χ4n) is 3.32. The van der Waals surface area contributed by atoms with E-state index in [1.807, 2.05) is 18.2 Å². The third-order valence-corrected chi connectivity index (χ3v) is 4.87. The van der Waals surface area contributed by atoms with Crippen LogP contribution in [0.5, 0.6) is 5.75 Å². The first-order chi connectivity index (χ1) is 13.1. The van der Waals surface area contributed by atoms with Gasteiger partial charge in [-0.05, 0) is 49.6 Å². The van der Waals surface area contributed by atoms with E-state index < -0.39 is 12.0 Å². The molecular formula is C20H22N4O3. The Labute approximate surface area is 157 Å². The molecule has 0 bridgehead atoms. The smallest absolute Gasteiger partial charge is 0.328 e. The third-order valence-electron chi connectivity index (χ3n) is 4.87. The van der Waals surface area contributed by atoms with Crippen LogP contribution in [0.15, 0.2) is 36.5 Å². The molecular weight excluding hydrogens is 344 g/mol. The number of nitrogens with one attached hydrogen (secondary N) is 1. The second kappa shape index (κ2) is 7.26. The number of carbonyl (C=O) groups is 1. The summed E-state index contributed by atoms with van der Waals surface area (Å²) in [4.78, 5) is 15.9. The molecule has 2 aromatic heterocycles. The highest BCUT2D eigenvalue weighted by Gasteiger charge is 2.16. The maximum Gasteiger partial charge on any atom is 0.328 e.